The summed E-state index contributed by atoms with van der Waals surface area (Å²) in [6.45, 7) is 11.1. The van der Waals surface area contributed by atoms with Gasteiger partial charge < -0.3 is 49.4 Å². The third kappa shape index (κ3) is 18.1. The van der Waals surface area contributed by atoms with Crippen LogP contribution in [-0.2, 0) is 53.1 Å². The summed E-state index contributed by atoms with van der Waals surface area (Å²) < 4.78 is 49.0. The number of amides is 2. The van der Waals surface area contributed by atoms with E-state index in [9.17, 15) is 47.4 Å². The number of benzene rings is 1. The van der Waals surface area contributed by atoms with Crippen molar-refractivity contribution in [2.24, 2.45) is 41.4 Å². The van der Waals surface area contributed by atoms with E-state index < -0.39 is 88.0 Å². The smallest absolute Gasteiger partial charge is 0.419 e. The number of ketones is 3. The Hall–Kier alpha value is -5.29. The zero-order valence-electron chi connectivity index (χ0n) is 46.7. The second-order valence-corrected chi connectivity index (χ2v) is 23.0. The molecule has 3 saturated heterocycles. The van der Waals surface area contributed by atoms with E-state index in [1.165, 1.54) is 41.0 Å². The Balaban J connectivity index is 0.000000660. The minimum Gasteiger partial charge on any atom is -0.508 e. The number of carbonyl (C=O) groups is 6. The van der Waals surface area contributed by atoms with E-state index in [2.05, 4.69) is 0 Å². The predicted molar refractivity (Wildman–Crippen MR) is 291 cm³/mol. The van der Waals surface area contributed by atoms with Crippen molar-refractivity contribution >= 4 is 51.2 Å². The molecule has 1 aliphatic carbocycles. The van der Waals surface area contributed by atoms with E-state index in [1.54, 1.807) is 34.0 Å². The molecule has 20 nitrogen and oxygen atoms in total. The lowest BCUT2D eigenvalue weighted by molar-refractivity contribution is -0.263. The number of nitrogens with zero attached hydrogens (tertiary/aromatic N) is 1. The van der Waals surface area contributed by atoms with Crippen LogP contribution in [0.3, 0.4) is 0 Å². The average Bonchev–Trinajstić information content (AvgIpc) is 3.58. The SMILES string of the molecule is CO.COC1CCCC(C[C@H]2C3CCCN4C(=O)C(=O)C5(O)O[C@H](CC/C(C)=C/C=C/C=C/[C@@H](C)CC(C)C(=O)[C@H](OC)C(O)/C(C)=C/[C@@H](C)C(=O)C[C@@H]2OC(=O)C34)CCC5C)C1.O=C(O)NS(=O)(=O)Nc1ccc(O)cc1. The van der Waals surface area contributed by atoms with Gasteiger partial charge in [-0.05, 0) is 126 Å². The van der Waals surface area contributed by atoms with Crippen molar-refractivity contribution in [1.82, 2.24) is 9.62 Å². The number of piperidine rings is 1. The molecule has 8 unspecified atom stereocenters. The van der Waals surface area contributed by atoms with Crippen LogP contribution in [0, 0.1) is 41.4 Å². The highest BCUT2D eigenvalue weighted by Crippen LogP contribution is 2.45. The molecule has 6 rings (SSSR count). The lowest BCUT2D eigenvalue weighted by Crippen LogP contribution is -2.65. The van der Waals surface area contributed by atoms with Gasteiger partial charge in [0.2, 0.25) is 5.79 Å². The van der Waals surface area contributed by atoms with Crippen molar-refractivity contribution in [1.29, 1.82) is 0 Å². The van der Waals surface area contributed by atoms with E-state index in [4.69, 9.17) is 34.3 Å². The molecule has 436 valence electrons. The lowest BCUT2D eigenvalue weighted by atomic mass is 9.68. The first kappa shape index (κ1) is 65.2. The molecule has 7 N–H and O–H groups in total. The number of aromatic hydroxyl groups is 1. The monoisotopic (exact) mass is 1120 g/mol. The molecule has 0 aromatic heterocycles. The van der Waals surface area contributed by atoms with Gasteiger partial charge in [-0.25, -0.2) is 14.3 Å². The fourth-order valence-electron chi connectivity index (χ4n) is 11.5. The number of nitrogens with one attached hydrogen (secondary N) is 2. The summed E-state index contributed by atoms with van der Waals surface area (Å²) in [5.74, 6) is -7.50. The van der Waals surface area contributed by atoms with Crippen LogP contribution >= 0.6 is 0 Å². The molecular formula is C57H85N3O17S. The number of fused-ring (bicyclic) bond motifs is 4. The molecule has 4 heterocycles. The largest absolute Gasteiger partial charge is 0.508 e. The molecule has 21 heteroatoms. The lowest BCUT2D eigenvalue weighted by Gasteiger charge is -2.50. The average molecular weight is 1120 g/mol. The second-order valence-electron chi connectivity index (χ2n) is 21.6. The molecule has 1 aromatic rings. The number of aliphatic hydroxyl groups is 3. The second kappa shape index (κ2) is 30.3. The van der Waals surface area contributed by atoms with Crippen LogP contribution in [0.25, 0.3) is 0 Å². The fraction of sp³-hybridized carbons (Fsp3) is 0.649. The van der Waals surface area contributed by atoms with Crippen LogP contribution < -0.4 is 9.44 Å². The number of hydrogen-bond donors (Lipinski definition) is 7. The van der Waals surface area contributed by atoms with Crippen molar-refractivity contribution in [2.75, 3.05) is 32.6 Å². The highest BCUT2D eigenvalue weighted by molar-refractivity contribution is 7.91. The van der Waals surface area contributed by atoms with Crippen molar-refractivity contribution < 1.29 is 81.7 Å². The van der Waals surface area contributed by atoms with E-state index in [0.717, 1.165) is 38.4 Å². The van der Waals surface area contributed by atoms with E-state index in [-0.39, 0.29) is 65.7 Å². The summed E-state index contributed by atoms with van der Waals surface area (Å²) in [7, 11) is -0.00931. The van der Waals surface area contributed by atoms with Crippen molar-refractivity contribution in [2.45, 2.75) is 167 Å². The molecule has 0 radical (unpaired) electrons. The number of rotatable bonds is 7. The molecule has 0 spiro atoms. The summed E-state index contributed by atoms with van der Waals surface area (Å²) in [6, 6.07) is 4.06. The number of ether oxygens (including phenoxy) is 4. The summed E-state index contributed by atoms with van der Waals surface area (Å²) in [4.78, 5) is 81.8. The first-order valence-electron chi connectivity index (χ1n) is 27.1. The molecule has 4 fully saturated rings. The Morgan fingerprint density at radius 3 is 2.23 bits per heavy atom. The number of carbonyl (C=O) groups excluding carboxylic acids is 5. The van der Waals surface area contributed by atoms with Crippen molar-refractivity contribution in [3.05, 3.63) is 71.9 Å². The predicted octanol–water partition coefficient (Wildman–Crippen LogP) is 6.73. The quantitative estimate of drug-likeness (QED) is 0.0644. The molecular weight excluding hydrogens is 1030 g/mol. The molecule has 78 heavy (non-hydrogen) atoms. The topological polar surface area (TPSA) is 302 Å². The number of phenols is 1. The van der Waals surface area contributed by atoms with Crippen molar-refractivity contribution in [3.63, 3.8) is 0 Å². The van der Waals surface area contributed by atoms with Gasteiger partial charge >= 0.3 is 22.3 Å². The zero-order valence-corrected chi connectivity index (χ0v) is 47.5. The van der Waals surface area contributed by atoms with Crippen LogP contribution in [0.15, 0.2) is 71.9 Å². The molecule has 1 saturated carbocycles. The number of Topliss-reactive ketones (excluding diaryl/α,β-unsaturated/α-hetero) is 3. The minimum atomic E-state index is -4.13. The molecule has 4 bridgehead atoms. The van der Waals surface area contributed by atoms with Gasteiger partial charge in [-0.1, -0.05) is 82.6 Å². The van der Waals surface area contributed by atoms with Crippen LogP contribution in [0.5, 0.6) is 5.75 Å². The maximum atomic E-state index is 14.3. The van der Waals surface area contributed by atoms with Crippen LogP contribution in [0.1, 0.15) is 125 Å². The highest BCUT2D eigenvalue weighted by atomic mass is 32.2. The minimum absolute atomic E-state index is 0.0239. The standard InChI is InChI=1S/C49H73NO11.C7H8N2O5S.CH4O/c1-29-14-10-9-11-15-30(2)24-32(4)43(52)45(59-8)44(53)33(5)25-31(3)40(51)28-41-39(27-35-16-12-17-37(26-35)58-7)38-18-13-23-50(42(38)48(56)60-41)47(55)46(54)49(57)34(6)20-22-36(61-49)21-19-29;10-6-3-1-5(2-4-6)8-15(13,14)9-7(11)12;1-2/h9-11,14-15,25,30-32,34-39,41-42,44-45,53,57H,12-13,16-24,26-28H2,1-8H3;1-4,8-10H,(H,11,12);2H,1H3/b10-9+,15-11+,29-14+,33-25+;;/t30-,31-,32?,34?,35?,36-,37?,38?,39+,41+,42?,44?,45+,49?;;/m1../s1. The molecule has 5 aliphatic rings. The molecule has 4 aliphatic heterocycles. The van der Waals surface area contributed by atoms with Gasteiger partial charge in [-0.3, -0.25) is 23.9 Å². The van der Waals surface area contributed by atoms with E-state index in [0.29, 0.717) is 56.9 Å². The highest BCUT2D eigenvalue weighted by Gasteiger charge is 2.56. The Morgan fingerprint density at radius 1 is 0.885 bits per heavy atom. The van der Waals surface area contributed by atoms with Gasteiger partial charge in [0.25, 0.3) is 11.7 Å². The summed E-state index contributed by atoms with van der Waals surface area (Å²) in [6.07, 6.45) is 14.6. The number of aliphatic hydroxyl groups excluding tert-OH is 2. The van der Waals surface area contributed by atoms with Gasteiger partial charge in [0.05, 0.1) is 17.9 Å². The first-order chi connectivity index (χ1) is 36.9. The fourth-order valence-corrected chi connectivity index (χ4v) is 12.2. The van der Waals surface area contributed by atoms with Gasteiger partial charge in [0, 0.05) is 58.0 Å². The number of esters is 1. The van der Waals surface area contributed by atoms with Gasteiger partial charge in [0.1, 0.15) is 35.9 Å². The third-order valence-corrected chi connectivity index (χ3v) is 16.7. The first-order valence-corrected chi connectivity index (χ1v) is 28.6. The summed E-state index contributed by atoms with van der Waals surface area (Å²) in [5, 5.41) is 47.4. The van der Waals surface area contributed by atoms with Gasteiger partial charge in [-0.15, -0.1) is 0 Å². The Morgan fingerprint density at radius 2 is 1.58 bits per heavy atom. The van der Waals surface area contributed by atoms with E-state index in [1.807, 2.05) is 55.9 Å². The van der Waals surface area contributed by atoms with Crippen LogP contribution in [0.4, 0.5) is 10.5 Å². The van der Waals surface area contributed by atoms with Crippen molar-refractivity contribution in [3.8, 4) is 5.75 Å². The summed E-state index contributed by atoms with van der Waals surface area (Å²) in [5.41, 5.74) is 1.65. The third-order valence-electron chi connectivity index (χ3n) is 15.8. The summed E-state index contributed by atoms with van der Waals surface area (Å²) >= 11 is 0. The Kier molecular flexibility index (Phi) is 25.4. The zero-order chi connectivity index (χ0) is 58.1. The Bertz CT molecular complexity index is 2440. The number of methoxy groups -OCH3 is 2. The number of allylic oxidation sites excluding steroid dienone is 7. The maximum absolute atomic E-state index is 14.3. The Labute approximate surface area is 459 Å². The normalized spacial score (nSPS) is 35.2. The molecule has 2 amide bonds. The number of carboxylic acid groups (broad SMARTS) is 1. The maximum Gasteiger partial charge on any atom is 0.419 e. The van der Waals surface area contributed by atoms with E-state index >= 15 is 0 Å². The molecule has 14 atom stereocenters. The van der Waals surface area contributed by atoms with Gasteiger partial charge in [-0.2, -0.15) is 8.42 Å². The number of hydrogen-bond acceptors (Lipinski definition) is 16. The van der Waals surface area contributed by atoms with Crippen LogP contribution in [0.2, 0.25) is 0 Å². The molecule has 1 aromatic carbocycles. The van der Waals surface area contributed by atoms with Gasteiger partial charge in [0.15, 0.2) is 5.78 Å². The number of phenolic OH excluding ortho intramolecular Hbond substituents is 1. The number of anilines is 1. The van der Waals surface area contributed by atoms with Crippen LogP contribution in [-0.4, -0.2) is 144 Å².